The topological polar surface area (TPSA) is 95.1 Å². The van der Waals surface area contributed by atoms with E-state index in [1.54, 1.807) is 0 Å². The minimum Gasteiger partial charge on any atom is -0.303 e. The van der Waals surface area contributed by atoms with Crippen molar-refractivity contribution >= 4 is 11.7 Å². The van der Waals surface area contributed by atoms with Crippen molar-refractivity contribution in [3.63, 3.8) is 0 Å². The van der Waals surface area contributed by atoms with E-state index in [2.05, 4.69) is 31.1 Å². The largest absolute Gasteiger partial charge is 0.338 e. The number of Topliss-reactive ketones (excluding diaryl/α,β-unsaturated/α-hetero) is 1. The lowest BCUT2D eigenvalue weighted by molar-refractivity contribution is -0.459. The lowest BCUT2D eigenvalue weighted by Crippen LogP contribution is -2.78. The molecule has 0 radical (unpaired) electrons. The minimum atomic E-state index is -0.323. The molecule has 0 saturated carbocycles. The van der Waals surface area contributed by atoms with Crippen LogP contribution in [0.1, 0.15) is 60.8 Å². The molecule has 0 bridgehead atoms. The van der Waals surface area contributed by atoms with E-state index in [4.69, 9.17) is 11.5 Å². The quantitative estimate of drug-likeness (QED) is 0.298. The number of nitrogens with one attached hydrogen (secondary N) is 2. The Hall–Kier alpha value is -1.10. The molecule has 0 aromatic rings. The van der Waals surface area contributed by atoms with Crippen LogP contribution in [0, 0.1) is 5.41 Å². The van der Waals surface area contributed by atoms with Gasteiger partial charge in [-0.2, -0.15) is 0 Å². The summed E-state index contributed by atoms with van der Waals surface area (Å²) in [5.74, 6) is 0.519. The van der Waals surface area contributed by atoms with Crippen molar-refractivity contribution in [3.05, 3.63) is 0 Å². The van der Waals surface area contributed by atoms with E-state index < -0.39 is 0 Å². The second-order valence-electron chi connectivity index (χ2n) is 7.44. The maximum Gasteiger partial charge on any atom is 0.338 e. The van der Waals surface area contributed by atoms with Crippen LogP contribution in [0.2, 0.25) is 0 Å². The Kier molecular flexibility index (Phi) is 7.20. The molecule has 0 aliphatic carbocycles. The molecule has 0 aromatic carbocycles. The zero-order valence-electron chi connectivity index (χ0n) is 14.0. The van der Waals surface area contributed by atoms with Gasteiger partial charge in [0, 0.05) is 11.0 Å². The van der Waals surface area contributed by atoms with Crippen molar-refractivity contribution in [1.82, 2.24) is 5.32 Å². The maximum atomic E-state index is 12.5. The molecule has 0 saturated heterocycles. The summed E-state index contributed by atoms with van der Waals surface area (Å²) in [6, 6.07) is -0.103. The molecule has 0 rings (SSSR count). The third-order valence-corrected chi connectivity index (χ3v) is 2.91. The van der Waals surface area contributed by atoms with Crippen molar-refractivity contribution in [1.29, 1.82) is 0 Å². The third-order valence-electron chi connectivity index (χ3n) is 2.91. The average Bonchev–Trinajstić information content (AvgIpc) is 2.22. The second kappa shape index (κ2) is 7.62. The predicted octanol–water partition coefficient (Wildman–Crippen LogP) is -0.117. The van der Waals surface area contributed by atoms with E-state index in [0.717, 1.165) is 25.8 Å². The summed E-state index contributed by atoms with van der Waals surface area (Å²) in [5.41, 5.74) is 10.3. The molecule has 20 heavy (non-hydrogen) atoms. The zero-order valence-corrected chi connectivity index (χ0v) is 14.0. The van der Waals surface area contributed by atoms with Crippen LogP contribution in [0.5, 0.6) is 0 Å². The lowest BCUT2D eigenvalue weighted by Gasteiger charge is -2.31. The van der Waals surface area contributed by atoms with Crippen molar-refractivity contribution in [3.8, 4) is 0 Å². The Labute approximate surface area is 123 Å². The van der Waals surface area contributed by atoms with Crippen molar-refractivity contribution < 1.29 is 9.79 Å². The molecule has 0 aromatic heterocycles. The maximum absolute atomic E-state index is 12.5. The summed E-state index contributed by atoms with van der Waals surface area (Å²) < 4.78 is 0. The summed E-state index contributed by atoms with van der Waals surface area (Å²) in [5, 5.41) is 3.44. The van der Waals surface area contributed by atoms with E-state index in [1.807, 2.05) is 20.8 Å². The molecule has 0 amide bonds. The molecule has 1 atom stereocenters. The van der Waals surface area contributed by atoms with Crippen LogP contribution in [0.4, 0.5) is 0 Å². The Morgan fingerprint density at radius 1 is 1.10 bits per heavy atom. The van der Waals surface area contributed by atoms with Gasteiger partial charge in [0.1, 0.15) is 0 Å². The van der Waals surface area contributed by atoms with Crippen LogP contribution in [-0.4, -0.2) is 29.9 Å². The Morgan fingerprint density at radius 2 is 1.65 bits per heavy atom. The van der Waals surface area contributed by atoms with Crippen LogP contribution < -0.4 is 21.8 Å². The van der Waals surface area contributed by atoms with Crippen molar-refractivity contribution in [2.45, 2.75) is 72.4 Å². The smallest absolute Gasteiger partial charge is 0.303 e. The van der Waals surface area contributed by atoms with Crippen LogP contribution >= 0.6 is 0 Å². The number of carbonyl (C=O) groups excluding carboxylic acids is 1. The highest BCUT2D eigenvalue weighted by molar-refractivity contribution is 5.88. The Balaban J connectivity index is 4.48. The zero-order chi connectivity index (χ0) is 16.0. The molecule has 0 aliphatic rings. The number of carbonyl (C=O) groups is 1. The van der Waals surface area contributed by atoms with E-state index in [9.17, 15) is 4.79 Å². The van der Waals surface area contributed by atoms with Crippen LogP contribution in [0.15, 0.2) is 0 Å². The molecule has 6 N–H and O–H groups in total. The van der Waals surface area contributed by atoms with Gasteiger partial charge >= 0.3 is 5.96 Å². The van der Waals surface area contributed by atoms with Gasteiger partial charge in [-0.25, -0.2) is 0 Å². The SMILES string of the molecule is CC(C)(C)N[C@@H](CCCC[NH+]=C(N)N)C(=O)C(C)(C)C. The van der Waals surface area contributed by atoms with Gasteiger partial charge in [0.15, 0.2) is 5.78 Å². The molecule has 5 heteroatoms. The van der Waals surface area contributed by atoms with E-state index in [1.165, 1.54) is 0 Å². The number of guanidine groups is 1. The number of ketones is 1. The summed E-state index contributed by atoms with van der Waals surface area (Å²) in [4.78, 5) is 15.4. The normalized spacial score (nSPS) is 13.9. The molecule has 0 fully saturated rings. The van der Waals surface area contributed by atoms with Gasteiger partial charge in [-0.15, -0.1) is 0 Å². The van der Waals surface area contributed by atoms with Crippen molar-refractivity contribution in [2.24, 2.45) is 16.9 Å². The monoisotopic (exact) mass is 285 g/mol. The van der Waals surface area contributed by atoms with Gasteiger partial charge in [0.05, 0.1) is 12.6 Å². The van der Waals surface area contributed by atoms with E-state index >= 15 is 0 Å². The minimum absolute atomic E-state index is 0.0701. The summed E-state index contributed by atoms with van der Waals surface area (Å²) >= 11 is 0. The lowest BCUT2D eigenvalue weighted by atomic mass is 9.84. The van der Waals surface area contributed by atoms with E-state index in [0.29, 0.717) is 0 Å². The molecule has 118 valence electrons. The first-order valence-corrected chi connectivity index (χ1v) is 7.37. The fraction of sp³-hybridized carbons (Fsp3) is 0.867. The second-order valence-corrected chi connectivity index (χ2v) is 7.44. The first-order valence-electron chi connectivity index (χ1n) is 7.37. The Morgan fingerprint density at radius 3 is 2.05 bits per heavy atom. The van der Waals surface area contributed by atoms with Crippen LogP contribution in [-0.2, 0) is 4.79 Å². The summed E-state index contributed by atoms with van der Waals surface area (Å²) in [6.45, 7) is 12.9. The van der Waals surface area contributed by atoms with Crippen LogP contribution in [0.3, 0.4) is 0 Å². The summed E-state index contributed by atoms with van der Waals surface area (Å²) in [7, 11) is 0. The molecule has 5 nitrogen and oxygen atoms in total. The van der Waals surface area contributed by atoms with Gasteiger partial charge in [-0.3, -0.25) is 21.3 Å². The molecule has 0 heterocycles. The van der Waals surface area contributed by atoms with Crippen LogP contribution in [0.25, 0.3) is 0 Å². The number of hydrogen-bond donors (Lipinski definition) is 4. The molecular weight excluding hydrogens is 252 g/mol. The number of rotatable bonds is 7. The molecular formula is C15H33N4O+. The highest BCUT2D eigenvalue weighted by Crippen LogP contribution is 2.20. The molecule has 0 aliphatic heterocycles. The highest BCUT2D eigenvalue weighted by Gasteiger charge is 2.31. The number of hydrogen-bond acceptors (Lipinski definition) is 2. The standard InChI is InChI=1S/C15H32N4O/c1-14(2,3)12(20)11(19-15(4,5)6)9-7-8-10-18-13(16)17/h11,19H,7-10H2,1-6H3,(H4,16,17,18)/p+1/t11-/m0/s1. The van der Waals surface area contributed by atoms with Gasteiger partial charge < -0.3 is 5.32 Å². The van der Waals surface area contributed by atoms with Gasteiger partial charge in [0.2, 0.25) is 0 Å². The van der Waals surface area contributed by atoms with Gasteiger partial charge in [0.25, 0.3) is 0 Å². The fourth-order valence-electron chi connectivity index (χ4n) is 2.02. The van der Waals surface area contributed by atoms with E-state index in [-0.39, 0.29) is 28.7 Å². The number of unbranched alkanes of at least 4 members (excludes halogenated alkanes) is 1. The number of nitrogens with two attached hydrogens (primary N) is 2. The first kappa shape index (κ1) is 18.9. The molecule has 0 unspecified atom stereocenters. The average molecular weight is 285 g/mol. The predicted molar refractivity (Wildman–Crippen MR) is 84.2 cm³/mol. The highest BCUT2D eigenvalue weighted by atomic mass is 16.1. The molecule has 0 spiro atoms. The van der Waals surface area contributed by atoms with Crippen molar-refractivity contribution in [2.75, 3.05) is 6.54 Å². The first-order chi connectivity index (χ1) is 8.93. The third kappa shape index (κ3) is 8.91. The van der Waals surface area contributed by atoms with Gasteiger partial charge in [-0.1, -0.05) is 20.8 Å². The Bertz CT molecular complexity index is 333. The van der Waals surface area contributed by atoms with Gasteiger partial charge in [-0.05, 0) is 40.0 Å². The summed E-state index contributed by atoms with van der Waals surface area (Å²) in [6.07, 6.45) is 2.73. The fourth-order valence-corrected chi connectivity index (χ4v) is 2.02.